The summed E-state index contributed by atoms with van der Waals surface area (Å²) < 4.78 is 6.40. The quantitative estimate of drug-likeness (QED) is 0.497. The van der Waals surface area contributed by atoms with E-state index in [2.05, 4.69) is 21.2 Å². The van der Waals surface area contributed by atoms with Gasteiger partial charge in [-0.1, -0.05) is 49.7 Å². The Morgan fingerprint density at radius 3 is 2.57 bits per heavy atom. The first-order valence-corrected chi connectivity index (χ1v) is 11.2. The van der Waals surface area contributed by atoms with Crippen LogP contribution in [0, 0.1) is 6.92 Å². The van der Waals surface area contributed by atoms with E-state index in [4.69, 9.17) is 16.3 Å². The van der Waals surface area contributed by atoms with E-state index in [9.17, 15) is 9.59 Å². The Balaban J connectivity index is 2.22. The monoisotopic (exact) mass is 494 g/mol. The fourth-order valence-corrected chi connectivity index (χ4v) is 3.87. The summed E-state index contributed by atoms with van der Waals surface area (Å²) in [6, 6.07) is 12.4. The molecule has 2 aromatic carbocycles. The molecule has 2 rings (SSSR count). The first-order chi connectivity index (χ1) is 14.4. The van der Waals surface area contributed by atoms with Crippen molar-refractivity contribution in [3.8, 4) is 5.75 Å². The van der Waals surface area contributed by atoms with Crippen molar-refractivity contribution >= 4 is 39.3 Å². The summed E-state index contributed by atoms with van der Waals surface area (Å²) in [5, 5.41) is 3.48. The number of carbonyl (C=O) groups is 2. The second-order valence-corrected chi connectivity index (χ2v) is 8.32. The largest absolute Gasteiger partial charge is 0.483 e. The molecule has 0 saturated carbocycles. The van der Waals surface area contributed by atoms with Gasteiger partial charge in [-0.05, 0) is 65.0 Å². The molecule has 2 aromatic rings. The second-order valence-electron chi connectivity index (χ2n) is 7.03. The molecule has 0 heterocycles. The number of hydrogen-bond donors (Lipinski definition) is 1. The maximum atomic E-state index is 13.2. The molecule has 0 saturated heterocycles. The van der Waals surface area contributed by atoms with E-state index in [1.54, 1.807) is 23.1 Å². The maximum absolute atomic E-state index is 13.2. The first kappa shape index (κ1) is 24.2. The molecule has 0 spiro atoms. The number of amides is 2. The molecule has 0 aliphatic rings. The molecule has 0 aromatic heterocycles. The molecule has 0 aliphatic carbocycles. The van der Waals surface area contributed by atoms with E-state index in [0.29, 0.717) is 34.8 Å². The van der Waals surface area contributed by atoms with Gasteiger partial charge in [-0.25, -0.2) is 0 Å². The third-order valence-corrected chi connectivity index (χ3v) is 5.64. The summed E-state index contributed by atoms with van der Waals surface area (Å²) in [7, 11) is 0. The predicted octanol–water partition coefficient (Wildman–Crippen LogP) is 5.12. The highest BCUT2D eigenvalue weighted by Crippen LogP contribution is 2.28. The van der Waals surface area contributed by atoms with Gasteiger partial charge < -0.3 is 15.0 Å². The zero-order valence-electron chi connectivity index (χ0n) is 17.6. The number of nitrogens with one attached hydrogen (secondary N) is 1. The number of aryl methyl sites for hydroxylation is 1. The van der Waals surface area contributed by atoms with Crippen LogP contribution in [0.4, 0.5) is 0 Å². The number of carbonyl (C=O) groups excluding carboxylic acids is 2. The van der Waals surface area contributed by atoms with Crippen molar-refractivity contribution in [1.82, 2.24) is 10.2 Å². The van der Waals surface area contributed by atoms with Gasteiger partial charge in [0, 0.05) is 18.1 Å². The fraction of sp³-hybridized carbons (Fsp3) is 0.391. The number of ether oxygens (including phenoxy) is 1. The lowest BCUT2D eigenvalue weighted by atomic mass is 10.1. The molecule has 0 bridgehead atoms. The van der Waals surface area contributed by atoms with Gasteiger partial charge in [0.1, 0.15) is 11.8 Å². The molecule has 1 atom stereocenters. The average Bonchev–Trinajstić information content (AvgIpc) is 2.72. The number of hydrogen-bond acceptors (Lipinski definition) is 3. The van der Waals surface area contributed by atoms with Crippen LogP contribution >= 0.6 is 27.5 Å². The molecule has 2 amide bonds. The molecule has 0 radical (unpaired) electrons. The Kier molecular flexibility index (Phi) is 9.66. The Morgan fingerprint density at radius 2 is 1.93 bits per heavy atom. The summed E-state index contributed by atoms with van der Waals surface area (Å²) in [6.45, 7) is 6.64. The highest BCUT2D eigenvalue weighted by molar-refractivity contribution is 9.10. The van der Waals surface area contributed by atoms with E-state index >= 15 is 0 Å². The van der Waals surface area contributed by atoms with Crippen molar-refractivity contribution in [2.45, 2.75) is 46.2 Å². The fourth-order valence-electron chi connectivity index (χ4n) is 3.07. The van der Waals surface area contributed by atoms with Crippen LogP contribution in [0.5, 0.6) is 5.75 Å². The van der Waals surface area contributed by atoms with E-state index < -0.39 is 6.04 Å². The Bertz CT molecular complexity index is 875. The van der Waals surface area contributed by atoms with Crippen LogP contribution in [0.1, 0.15) is 37.8 Å². The molecule has 30 heavy (non-hydrogen) atoms. The molecular formula is C23H28BrClN2O3. The van der Waals surface area contributed by atoms with Gasteiger partial charge in [-0.15, -0.1) is 0 Å². The van der Waals surface area contributed by atoms with Gasteiger partial charge in [-0.2, -0.15) is 0 Å². The van der Waals surface area contributed by atoms with Gasteiger partial charge in [0.25, 0.3) is 5.91 Å². The number of nitrogens with zero attached hydrogens (tertiary/aromatic N) is 1. The van der Waals surface area contributed by atoms with E-state index in [0.717, 1.165) is 17.5 Å². The smallest absolute Gasteiger partial charge is 0.261 e. The zero-order valence-corrected chi connectivity index (χ0v) is 19.9. The third-order valence-electron chi connectivity index (χ3n) is 4.78. The second kappa shape index (κ2) is 12.0. The van der Waals surface area contributed by atoms with Crippen molar-refractivity contribution in [2.24, 2.45) is 0 Å². The third kappa shape index (κ3) is 6.74. The molecule has 162 valence electrons. The van der Waals surface area contributed by atoms with Crippen molar-refractivity contribution in [3.63, 3.8) is 0 Å². The molecule has 7 heteroatoms. The van der Waals surface area contributed by atoms with E-state index in [-0.39, 0.29) is 18.4 Å². The van der Waals surface area contributed by atoms with Crippen LogP contribution in [-0.2, 0) is 16.1 Å². The Labute approximate surface area is 191 Å². The molecule has 0 fully saturated rings. The van der Waals surface area contributed by atoms with E-state index in [1.807, 2.05) is 45.0 Å². The topological polar surface area (TPSA) is 58.6 Å². The standard InChI is InChI=1S/C23H28BrClN2O3/c1-4-12-26-23(29)20(5-2)27(14-17-9-7-6-8-16(17)3)22(28)15-30-21-11-10-18(25)13-19(21)24/h6-11,13,20H,4-5,12,14-15H2,1-3H3,(H,26,29)/t20-/m1/s1. The first-order valence-electron chi connectivity index (χ1n) is 10.1. The van der Waals surface area contributed by atoms with Crippen LogP contribution in [0.15, 0.2) is 46.9 Å². The van der Waals surface area contributed by atoms with Gasteiger partial charge in [0.2, 0.25) is 5.91 Å². The molecular weight excluding hydrogens is 468 g/mol. The van der Waals surface area contributed by atoms with Gasteiger partial charge >= 0.3 is 0 Å². The van der Waals surface area contributed by atoms with Crippen molar-refractivity contribution in [3.05, 3.63) is 63.1 Å². The minimum atomic E-state index is -0.569. The van der Waals surface area contributed by atoms with Crippen molar-refractivity contribution in [1.29, 1.82) is 0 Å². The summed E-state index contributed by atoms with van der Waals surface area (Å²) in [5.41, 5.74) is 2.07. The summed E-state index contributed by atoms with van der Waals surface area (Å²) in [6.07, 6.45) is 1.35. The van der Waals surface area contributed by atoms with Crippen LogP contribution < -0.4 is 10.1 Å². The lowest BCUT2D eigenvalue weighted by Gasteiger charge is -2.31. The summed E-state index contributed by atoms with van der Waals surface area (Å²) in [5.74, 6) is 0.125. The van der Waals surface area contributed by atoms with Crippen LogP contribution in [0.25, 0.3) is 0 Å². The zero-order chi connectivity index (χ0) is 22.1. The van der Waals surface area contributed by atoms with Crippen molar-refractivity contribution < 1.29 is 14.3 Å². The van der Waals surface area contributed by atoms with Crippen LogP contribution in [-0.4, -0.2) is 35.9 Å². The summed E-state index contributed by atoms with van der Waals surface area (Å²) in [4.78, 5) is 27.5. The van der Waals surface area contributed by atoms with Gasteiger partial charge in [0.05, 0.1) is 4.47 Å². The van der Waals surface area contributed by atoms with Gasteiger partial charge in [0.15, 0.2) is 6.61 Å². The SMILES string of the molecule is CCCNC(=O)[C@@H](CC)N(Cc1ccccc1C)C(=O)COc1ccc(Cl)cc1Br. The lowest BCUT2D eigenvalue weighted by molar-refractivity contribution is -0.143. The number of rotatable bonds is 10. The highest BCUT2D eigenvalue weighted by Gasteiger charge is 2.29. The Morgan fingerprint density at radius 1 is 1.20 bits per heavy atom. The highest BCUT2D eigenvalue weighted by atomic mass is 79.9. The normalized spacial score (nSPS) is 11.6. The minimum absolute atomic E-state index is 0.144. The molecule has 0 aliphatic heterocycles. The van der Waals surface area contributed by atoms with Gasteiger partial charge in [-0.3, -0.25) is 9.59 Å². The summed E-state index contributed by atoms with van der Waals surface area (Å²) >= 11 is 9.36. The van der Waals surface area contributed by atoms with Crippen LogP contribution in [0.3, 0.4) is 0 Å². The predicted molar refractivity (Wildman–Crippen MR) is 124 cm³/mol. The average molecular weight is 496 g/mol. The molecule has 1 N–H and O–H groups in total. The lowest BCUT2D eigenvalue weighted by Crippen LogP contribution is -2.50. The number of halogens is 2. The Hall–Kier alpha value is -2.05. The number of benzene rings is 2. The molecule has 0 unspecified atom stereocenters. The minimum Gasteiger partial charge on any atom is -0.483 e. The van der Waals surface area contributed by atoms with Crippen LogP contribution in [0.2, 0.25) is 5.02 Å². The molecule has 5 nitrogen and oxygen atoms in total. The van der Waals surface area contributed by atoms with Crippen molar-refractivity contribution in [2.75, 3.05) is 13.2 Å². The maximum Gasteiger partial charge on any atom is 0.261 e. The van der Waals surface area contributed by atoms with E-state index in [1.165, 1.54) is 0 Å².